The Balaban J connectivity index is 1.55. The summed E-state index contributed by atoms with van der Waals surface area (Å²) >= 11 is 3.39. The molecule has 3 aromatic rings. The first-order valence-electron chi connectivity index (χ1n) is 9.52. The molecule has 1 amide bonds. The van der Waals surface area contributed by atoms with Gasteiger partial charge in [-0.3, -0.25) is 4.79 Å². The lowest BCUT2D eigenvalue weighted by atomic mass is 10.1. The van der Waals surface area contributed by atoms with Crippen LogP contribution < -0.4 is 19.5 Å². The quantitative estimate of drug-likeness (QED) is 0.364. The molecule has 1 N–H and O–H groups in total. The van der Waals surface area contributed by atoms with E-state index in [9.17, 15) is 14.4 Å². The molecule has 0 aromatic heterocycles. The van der Waals surface area contributed by atoms with Crippen molar-refractivity contribution < 1.29 is 23.4 Å². The van der Waals surface area contributed by atoms with Crippen LogP contribution in [-0.2, 0) is 11.4 Å². The predicted molar refractivity (Wildman–Crippen MR) is 120 cm³/mol. The normalized spacial score (nSPS) is 12.2. The first-order valence-corrected chi connectivity index (χ1v) is 10.3. The first-order chi connectivity index (χ1) is 15.5. The molecule has 4 rings (SSSR count). The third kappa shape index (κ3) is 4.90. The number of anilines is 1. The standard InChI is InChI=1S/C24H16BrFN2O4/c25-18-6-8-21(30-13-15-5-7-22-23(9-15)32-14-31-22)16(11-18)10-17(12-27)24(29)28-20-4-2-1-3-19(20)26/h1-11H,13-14H2,(H,28,29)/b17-10-. The number of amides is 1. The minimum atomic E-state index is -0.723. The number of nitriles is 1. The van der Waals surface area contributed by atoms with E-state index < -0.39 is 11.7 Å². The molecule has 1 aliphatic heterocycles. The minimum absolute atomic E-state index is 0.00725. The van der Waals surface area contributed by atoms with E-state index in [1.807, 2.05) is 24.3 Å². The van der Waals surface area contributed by atoms with Crippen LogP contribution in [0.2, 0.25) is 0 Å². The van der Waals surface area contributed by atoms with Gasteiger partial charge in [0.25, 0.3) is 5.91 Å². The van der Waals surface area contributed by atoms with E-state index in [1.54, 1.807) is 24.3 Å². The maximum atomic E-state index is 13.8. The number of halogens is 2. The highest BCUT2D eigenvalue weighted by Crippen LogP contribution is 2.33. The summed E-state index contributed by atoms with van der Waals surface area (Å²) in [6.45, 7) is 0.426. The fourth-order valence-corrected chi connectivity index (χ4v) is 3.39. The number of fused-ring (bicyclic) bond motifs is 1. The average molecular weight is 495 g/mol. The van der Waals surface area contributed by atoms with Crippen molar-refractivity contribution in [2.75, 3.05) is 12.1 Å². The smallest absolute Gasteiger partial charge is 0.266 e. The van der Waals surface area contributed by atoms with Crippen molar-refractivity contribution in [1.29, 1.82) is 5.26 Å². The molecule has 0 unspecified atom stereocenters. The monoisotopic (exact) mass is 494 g/mol. The molecule has 160 valence electrons. The largest absolute Gasteiger partial charge is 0.488 e. The van der Waals surface area contributed by atoms with Crippen molar-refractivity contribution >= 4 is 33.6 Å². The second-order valence-corrected chi connectivity index (χ2v) is 7.68. The van der Waals surface area contributed by atoms with Crippen molar-refractivity contribution in [2.24, 2.45) is 0 Å². The minimum Gasteiger partial charge on any atom is -0.488 e. The van der Waals surface area contributed by atoms with Gasteiger partial charge in [0.1, 0.15) is 29.8 Å². The number of hydrogen-bond donors (Lipinski definition) is 1. The summed E-state index contributed by atoms with van der Waals surface area (Å²) in [6, 6.07) is 18.4. The van der Waals surface area contributed by atoms with Crippen LogP contribution >= 0.6 is 15.9 Å². The van der Waals surface area contributed by atoms with Crippen LogP contribution in [0.15, 0.2) is 70.7 Å². The molecule has 0 saturated heterocycles. The van der Waals surface area contributed by atoms with Crippen LogP contribution in [0.3, 0.4) is 0 Å². The SMILES string of the molecule is N#C/C(=C/c1cc(Br)ccc1OCc1ccc2c(c1)OCO2)C(=O)Nc1ccccc1F. The number of hydrogen-bond acceptors (Lipinski definition) is 5. The number of nitrogens with one attached hydrogen (secondary N) is 1. The molecular formula is C24H16BrFN2O4. The maximum absolute atomic E-state index is 13.8. The van der Waals surface area contributed by atoms with Gasteiger partial charge in [0.15, 0.2) is 11.5 Å². The Morgan fingerprint density at radius 1 is 1.16 bits per heavy atom. The Morgan fingerprint density at radius 2 is 1.97 bits per heavy atom. The van der Waals surface area contributed by atoms with Crippen LogP contribution in [0.4, 0.5) is 10.1 Å². The van der Waals surface area contributed by atoms with E-state index in [0.29, 0.717) is 22.8 Å². The van der Waals surface area contributed by atoms with E-state index in [4.69, 9.17) is 14.2 Å². The molecule has 0 bridgehead atoms. The van der Waals surface area contributed by atoms with E-state index in [0.717, 1.165) is 10.0 Å². The van der Waals surface area contributed by atoms with Crippen molar-refractivity contribution in [2.45, 2.75) is 6.61 Å². The molecule has 1 aliphatic rings. The molecule has 32 heavy (non-hydrogen) atoms. The van der Waals surface area contributed by atoms with Crippen molar-refractivity contribution in [3.05, 3.63) is 87.7 Å². The first kappa shape index (κ1) is 21.4. The zero-order valence-corrected chi connectivity index (χ0v) is 18.2. The number of ether oxygens (including phenoxy) is 3. The molecule has 3 aromatic carbocycles. The van der Waals surface area contributed by atoms with Gasteiger partial charge in [-0.05, 0) is 54.1 Å². The van der Waals surface area contributed by atoms with Crippen LogP contribution in [0.5, 0.6) is 17.2 Å². The number of carbonyl (C=O) groups is 1. The fraction of sp³-hybridized carbons (Fsp3) is 0.0833. The molecule has 6 nitrogen and oxygen atoms in total. The Labute approximate surface area is 192 Å². The molecule has 0 spiro atoms. The van der Waals surface area contributed by atoms with Crippen LogP contribution in [-0.4, -0.2) is 12.7 Å². The van der Waals surface area contributed by atoms with E-state index in [2.05, 4.69) is 21.2 Å². The lowest BCUT2D eigenvalue weighted by molar-refractivity contribution is -0.112. The zero-order valence-electron chi connectivity index (χ0n) is 16.6. The van der Waals surface area contributed by atoms with Crippen molar-refractivity contribution in [1.82, 2.24) is 0 Å². The van der Waals surface area contributed by atoms with Gasteiger partial charge in [-0.1, -0.05) is 34.1 Å². The lowest BCUT2D eigenvalue weighted by Crippen LogP contribution is -2.14. The third-order valence-corrected chi connectivity index (χ3v) is 5.08. The maximum Gasteiger partial charge on any atom is 0.266 e. The topological polar surface area (TPSA) is 80.6 Å². The fourth-order valence-electron chi connectivity index (χ4n) is 3.01. The number of carbonyl (C=O) groups excluding carboxylic acids is 1. The molecule has 1 heterocycles. The van der Waals surface area contributed by atoms with Gasteiger partial charge in [-0.15, -0.1) is 0 Å². The molecule has 0 radical (unpaired) electrons. The summed E-state index contributed by atoms with van der Waals surface area (Å²) in [5.74, 6) is 0.490. The number of nitrogens with zero attached hydrogens (tertiary/aromatic N) is 1. The van der Waals surface area contributed by atoms with Crippen LogP contribution in [0.25, 0.3) is 6.08 Å². The van der Waals surface area contributed by atoms with Gasteiger partial charge in [0.2, 0.25) is 6.79 Å². The molecule has 0 saturated carbocycles. The molecule has 8 heteroatoms. The Bertz CT molecular complexity index is 1250. The molecular weight excluding hydrogens is 479 g/mol. The average Bonchev–Trinajstić information content (AvgIpc) is 3.26. The highest BCUT2D eigenvalue weighted by Gasteiger charge is 2.15. The summed E-state index contributed by atoms with van der Waals surface area (Å²) in [7, 11) is 0. The Hall–Kier alpha value is -3.83. The van der Waals surface area contributed by atoms with E-state index in [-0.39, 0.29) is 24.7 Å². The highest BCUT2D eigenvalue weighted by molar-refractivity contribution is 9.10. The van der Waals surface area contributed by atoms with Crippen molar-refractivity contribution in [3.8, 4) is 23.3 Å². The van der Waals surface area contributed by atoms with Gasteiger partial charge < -0.3 is 19.5 Å². The summed E-state index contributed by atoms with van der Waals surface area (Å²) in [5, 5.41) is 11.9. The van der Waals surface area contributed by atoms with Gasteiger partial charge in [-0.25, -0.2) is 4.39 Å². The van der Waals surface area contributed by atoms with Gasteiger partial charge in [-0.2, -0.15) is 5.26 Å². The van der Waals surface area contributed by atoms with E-state index >= 15 is 0 Å². The van der Waals surface area contributed by atoms with Gasteiger partial charge in [0, 0.05) is 10.0 Å². The van der Waals surface area contributed by atoms with Gasteiger partial charge >= 0.3 is 0 Å². The Morgan fingerprint density at radius 3 is 2.78 bits per heavy atom. The Kier molecular flexibility index (Phi) is 6.38. The number of para-hydroxylation sites is 1. The summed E-state index contributed by atoms with van der Waals surface area (Å²) < 4.78 is 31.2. The molecule has 0 fully saturated rings. The predicted octanol–water partition coefficient (Wildman–Crippen LogP) is 5.44. The second kappa shape index (κ2) is 9.54. The molecule has 0 atom stereocenters. The van der Waals surface area contributed by atoms with E-state index in [1.165, 1.54) is 24.3 Å². The summed E-state index contributed by atoms with van der Waals surface area (Å²) in [5.41, 5.74) is 1.18. The van der Waals surface area contributed by atoms with Crippen LogP contribution in [0.1, 0.15) is 11.1 Å². The highest BCUT2D eigenvalue weighted by atomic mass is 79.9. The summed E-state index contributed by atoms with van der Waals surface area (Å²) in [6.07, 6.45) is 1.40. The van der Waals surface area contributed by atoms with Gasteiger partial charge in [0.05, 0.1) is 5.69 Å². The number of benzene rings is 3. The second-order valence-electron chi connectivity index (χ2n) is 6.76. The number of rotatable bonds is 6. The summed E-state index contributed by atoms with van der Waals surface area (Å²) in [4.78, 5) is 12.5. The zero-order chi connectivity index (χ0) is 22.5. The molecule has 0 aliphatic carbocycles. The van der Waals surface area contributed by atoms with Crippen molar-refractivity contribution in [3.63, 3.8) is 0 Å². The lowest BCUT2D eigenvalue weighted by Gasteiger charge is -2.11. The van der Waals surface area contributed by atoms with Crippen LogP contribution in [0, 0.1) is 17.1 Å². The third-order valence-electron chi connectivity index (χ3n) is 4.59.